The van der Waals surface area contributed by atoms with E-state index in [1.165, 1.54) is 89.9 Å². The number of aliphatic hydroxyl groups is 1. The maximum atomic E-state index is 9.96. The third kappa shape index (κ3) is 19.9. The summed E-state index contributed by atoms with van der Waals surface area (Å²) in [5, 5.41) is 9.96. The molecular weight excluding hydrogens is 282 g/mol. The number of hydrogen-bond donors (Lipinski definition) is 1. The van der Waals surface area contributed by atoms with Crippen molar-refractivity contribution in [2.24, 2.45) is 0 Å². The van der Waals surface area contributed by atoms with Crippen LogP contribution in [0.25, 0.3) is 0 Å². The molecule has 2 nitrogen and oxygen atoms in total. The van der Waals surface area contributed by atoms with E-state index in [1.807, 2.05) is 0 Å². The molecule has 0 spiro atoms. The van der Waals surface area contributed by atoms with Crippen LogP contribution in [-0.4, -0.2) is 43.4 Å². The van der Waals surface area contributed by atoms with Crippen LogP contribution >= 0.6 is 0 Å². The van der Waals surface area contributed by atoms with Gasteiger partial charge in [-0.2, -0.15) is 0 Å². The highest BCUT2D eigenvalue weighted by Gasteiger charge is 2.14. The highest BCUT2D eigenvalue weighted by Crippen LogP contribution is 2.14. The number of rotatable bonds is 17. The van der Waals surface area contributed by atoms with Crippen LogP contribution in [0, 0.1) is 0 Å². The largest absolute Gasteiger partial charge is 0.387 e. The van der Waals surface area contributed by atoms with Gasteiger partial charge in [-0.25, -0.2) is 0 Å². The summed E-state index contributed by atoms with van der Waals surface area (Å²) < 4.78 is 0.861. The number of unbranched alkanes of at least 4 members (excludes halogenated alkanes) is 13. The van der Waals surface area contributed by atoms with Crippen molar-refractivity contribution in [3.63, 3.8) is 0 Å². The van der Waals surface area contributed by atoms with E-state index in [2.05, 4.69) is 28.1 Å². The molecular formula is C21H46NO+. The lowest BCUT2D eigenvalue weighted by molar-refractivity contribution is -0.873. The zero-order valence-electron chi connectivity index (χ0n) is 16.8. The van der Waals surface area contributed by atoms with Crippen molar-refractivity contribution in [2.75, 3.05) is 27.7 Å². The molecule has 2 heteroatoms. The second-order valence-electron chi connectivity index (χ2n) is 8.51. The molecule has 0 aliphatic carbocycles. The molecule has 0 aromatic rings. The van der Waals surface area contributed by atoms with Gasteiger partial charge in [0.2, 0.25) is 0 Å². The third-order valence-corrected chi connectivity index (χ3v) is 4.65. The van der Waals surface area contributed by atoms with Crippen LogP contribution in [0.4, 0.5) is 0 Å². The Bertz CT molecular complexity index is 234. The van der Waals surface area contributed by atoms with E-state index in [-0.39, 0.29) is 6.10 Å². The van der Waals surface area contributed by atoms with Gasteiger partial charge in [-0.15, -0.1) is 0 Å². The molecule has 0 saturated carbocycles. The van der Waals surface area contributed by atoms with Gasteiger partial charge in [0.15, 0.2) is 0 Å². The Labute approximate surface area is 147 Å². The Morgan fingerprint density at radius 3 is 1.30 bits per heavy atom. The van der Waals surface area contributed by atoms with Gasteiger partial charge >= 0.3 is 0 Å². The zero-order valence-corrected chi connectivity index (χ0v) is 16.8. The Kier molecular flexibility index (Phi) is 15.4. The first kappa shape index (κ1) is 22.9. The van der Waals surface area contributed by atoms with Gasteiger partial charge in [-0.1, -0.05) is 96.8 Å². The molecule has 1 N–H and O–H groups in total. The molecule has 0 saturated heterocycles. The molecule has 0 aliphatic heterocycles. The molecule has 0 rings (SSSR count). The summed E-state index contributed by atoms with van der Waals surface area (Å²) in [5.74, 6) is 0. The summed E-state index contributed by atoms with van der Waals surface area (Å²) in [6.45, 7) is 3.16. The molecule has 0 fully saturated rings. The van der Waals surface area contributed by atoms with Gasteiger partial charge in [-0.05, 0) is 6.42 Å². The van der Waals surface area contributed by atoms with Crippen LogP contribution in [0.15, 0.2) is 0 Å². The Balaban J connectivity index is 3.13. The normalized spacial score (nSPS) is 13.4. The predicted octanol–water partition coefficient (Wildman–Crippen LogP) is 5.92. The molecule has 0 aliphatic rings. The van der Waals surface area contributed by atoms with Crippen LogP contribution in [0.2, 0.25) is 0 Å². The van der Waals surface area contributed by atoms with Crippen molar-refractivity contribution >= 4 is 0 Å². The minimum atomic E-state index is -0.118. The van der Waals surface area contributed by atoms with Crippen LogP contribution < -0.4 is 0 Å². The number of aliphatic hydroxyl groups excluding tert-OH is 1. The molecule has 0 radical (unpaired) electrons. The molecule has 1 atom stereocenters. The Hall–Kier alpha value is -0.0800. The summed E-state index contributed by atoms with van der Waals surface area (Å²) in [5.41, 5.74) is 0. The van der Waals surface area contributed by atoms with Crippen LogP contribution in [-0.2, 0) is 0 Å². The van der Waals surface area contributed by atoms with Crippen LogP contribution in [0.3, 0.4) is 0 Å². The van der Waals surface area contributed by atoms with Crippen LogP contribution in [0.5, 0.6) is 0 Å². The summed E-state index contributed by atoms with van der Waals surface area (Å²) in [6, 6.07) is 0. The van der Waals surface area contributed by atoms with Gasteiger partial charge in [0.05, 0.1) is 21.1 Å². The average Bonchev–Trinajstić information content (AvgIpc) is 2.46. The number of hydrogen-bond acceptors (Lipinski definition) is 1. The molecule has 0 aromatic carbocycles. The van der Waals surface area contributed by atoms with E-state index in [0.717, 1.165) is 17.4 Å². The van der Waals surface area contributed by atoms with E-state index in [9.17, 15) is 5.11 Å². The van der Waals surface area contributed by atoms with Crippen molar-refractivity contribution in [3.05, 3.63) is 0 Å². The monoisotopic (exact) mass is 328 g/mol. The standard InChI is InChI=1S/C21H46NO/c1-5-6-7-8-9-10-11-12-13-14-15-16-17-18-19-21(23)20-22(2,3)4/h21,23H,5-20H2,1-4H3/q+1. The van der Waals surface area contributed by atoms with Gasteiger partial charge in [0.25, 0.3) is 0 Å². The smallest absolute Gasteiger partial charge is 0.104 e. The maximum Gasteiger partial charge on any atom is 0.104 e. The maximum absolute atomic E-state index is 9.96. The van der Waals surface area contributed by atoms with Crippen molar-refractivity contribution in [3.8, 4) is 0 Å². The van der Waals surface area contributed by atoms with E-state index in [4.69, 9.17) is 0 Å². The first-order valence-electron chi connectivity index (χ1n) is 10.4. The zero-order chi connectivity index (χ0) is 17.4. The van der Waals surface area contributed by atoms with Crippen molar-refractivity contribution in [2.45, 2.75) is 109 Å². The van der Waals surface area contributed by atoms with Gasteiger partial charge in [-0.3, -0.25) is 0 Å². The highest BCUT2D eigenvalue weighted by atomic mass is 16.3. The van der Waals surface area contributed by atoms with Crippen molar-refractivity contribution < 1.29 is 9.59 Å². The van der Waals surface area contributed by atoms with Gasteiger partial charge < -0.3 is 9.59 Å². The van der Waals surface area contributed by atoms with E-state index in [0.29, 0.717) is 0 Å². The number of quaternary nitrogens is 1. The van der Waals surface area contributed by atoms with Gasteiger partial charge in [0, 0.05) is 0 Å². The Morgan fingerprint density at radius 1 is 0.609 bits per heavy atom. The van der Waals surface area contributed by atoms with E-state index >= 15 is 0 Å². The van der Waals surface area contributed by atoms with E-state index in [1.54, 1.807) is 0 Å². The molecule has 140 valence electrons. The molecule has 0 aromatic heterocycles. The van der Waals surface area contributed by atoms with Gasteiger partial charge in [0.1, 0.15) is 12.6 Å². The second-order valence-corrected chi connectivity index (χ2v) is 8.51. The molecule has 1 unspecified atom stereocenters. The average molecular weight is 329 g/mol. The first-order valence-corrected chi connectivity index (χ1v) is 10.4. The Morgan fingerprint density at radius 2 is 0.957 bits per heavy atom. The SMILES string of the molecule is CCCCCCCCCCCCCCCCC(O)C[N+](C)(C)C. The fourth-order valence-electron chi connectivity index (χ4n) is 3.30. The quantitative estimate of drug-likeness (QED) is 0.259. The first-order chi connectivity index (χ1) is 11.0. The summed E-state index contributed by atoms with van der Waals surface area (Å²) in [6.07, 6.45) is 20.4. The lowest BCUT2D eigenvalue weighted by Gasteiger charge is -2.26. The highest BCUT2D eigenvalue weighted by molar-refractivity contribution is 4.55. The topological polar surface area (TPSA) is 20.2 Å². The fourth-order valence-corrected chi connectivity index (χ4v) is 3.30. The fraction of sp³-hybridized carbons (Fsp3) is 1.00. The summed E-state index contributed by atoms with van der Waals surface area (Å²) in [7, 11) is 6.44. The molecule has 23 heavy (non-hydrogen) atoms. The van der Waals surface area contributed by atoms with E-state index < -0.39 is 0 Å². The lowest BCUT2D eigenvalue weighted by Crippen LogP contribution is -2.41. The number of likely N-dealkylation sites (N-methyl/N-ethyl adjacent to an activating group) is 1. The molecule has 0 heterocycles. The van der Waals surface area contributed by atoms with Crippen molar-refractivity contribution in [1.29, 1.82) is 0 Å². The minimum absolute atomic E-state index is 0.118. The third-order valence-electron chi connectivity index (χ3n) is 4.65. The second kappa shape index (κ2) is 15.4. The molecule has 0 amide bonds. The summed E-state index contributed by atoms with van der Waals surface area (Å²) >= 11 is 0. The molecule has 0 bridgehead atoms. The number of nitrogens with zero attached hydrogens (tertiary/aromatic N) is 1. The minimum Gasteiger partial charge on any atom is -0.387 e. The van der Waals surface area contributed by atoms with Crippen molar-refractivity contribution in [1.82, 2.24) is 0 Å². The van der Waals surface area contributed by atoms with Crippen LogP contribution in [0.1, 0.15) is 103 Å². The predicted molar refractivity (Wildman–Crippen MR) is 104 cm³/mol. The lowest BCUT2D eigenvalue weighted by atomic mass is 10.0. The summed E-state index contributed by atoms with van der Waals surface area (Å²) in [4.78, 5) is 0.